The highest BCUT2D eigenvalue weighted by atomic mass is 16.7. The van der Waals surface area contributed by atoms with Crippen LogP contribution < -0.4 is 0 Å². The van der Waals surface area contributed by atoms with Crippen molar-refractivity contribution in [3.8, 4) is 0 Å². The molecule has 0 spiro atoms. The highest BCUT2D eigenvalue weighted by molar-refractivity contribution is 5.75. The molecule has 0 aromatic heterocycles. The van der Waals surface area contributed by atoms with E-state index in [9.17, 15) is 4.79 Å². The van der Waals surface area contributed by atoms with E-state index in [1.54, 1.807) is 6.92 Å². The molecule has 3 heteroatoms. The molecule has 2 atom stereocenters. The van der Waals surface area contributed by atoms with Crippen LogP contribution in [0.4, 0.5) is 0 Å². The number of ether oxygens (including phenoxy) is 2. The monoisotopic (exact) mass is 206 g/mol. The standard InChI is InChI=1S/C12H14O3/c1-9-12(13)15-11(14-9)8-7-10-5-3-2-4-6-10/h2-6,9,11H,7-8H2,1H3/t9-,11-/m0/s1. The van der Waals surface area contributed by atoms with Crippen molar-refractivity contribution in [3.63, 3.8) is 0 Å². The summed E-state index contributed by atoms with van der Waals surface area (Å²) in [6, 6.07) is 10.1. The topological polar surface area (TPSA) is 35.5 Å². The summed E-state index contributed by atoms with van der Waals surface area (Å²) in [5, 5.41) is 0. The van der Waals surface area contributed by atoms with Gasteiger partial charge >= 0.3 is 5.97 Å². The first-order chi connectivity index (χ1) is 7.25. The molecule has 0 unspecified atom stereocenters. The van der Waals surface area contributed by atoms with Crippen LogP contribution >= 0.6 is 0 Å². The minimum Gasteiger partial charge on any atom is -0.434 e. The second-order valence-corrected chi connectivity index (χ2v) is 3.67. The van der Waals surface area contributed by atoms with Gasteiger partial charge in [-0.2, -0.15) is 0 Å². The van der Waals surface area contributed by atoms with E-state index >= 15 is 0 Å². The molecule has 1 fully saturated rings. The van der Waals surface area contributed by atoms with E-state index in [4.69, 9.17) is 9.47 Å². The molecule has 0 amide bonds. The van der Waals surface area contributed by atoms with Gasteiger partial charge < -0.3 is 9.47 Å². The molecule has 3 nitrogen and oxygen atoms in total. The van der Waals surface area contributed by atoms with Crippen LogP contribution in [0.1, 0.15) is 18.9 Å². The molecule has 1 aliphatic rings. The molecule has 2 rings (SSSR count). The van der Waals surface area contributed by atoms with Crippen LogP contribution in [0.5, 0.6) is 0 Å². The van der Waals surface area contributed by atoms with E-state index in [2.05, 4.69) is 12.1 Å². The number of rotatable bonds is 3. The number of hydrogen-bond donors (Lipinski definition) is 0. The fraction of sp³-hybridized carbons (Fsp3) is 0.417. The summed E-state index contributed by atoms with van der Waals surface area (Å²) in [6.45, 7) is 1.71. The lowest BCUT2D eigenvalue weighted by Gasteiger charge is -2.08. The van der Waals surface area contributed by atoms with Crippen LogP contribution in [0.15, 0.2) is 30.3 Å². The Bertz CT molecular complexity index is 334. The number of aryl methyl sites for hydroxylation is 1. The highest BCUT2D eigenvalue weighted by Crippen LogP contribution is 2.17. The van der Waals surface area contributed by atoms with Gasteiger partial charge in [-0.3, -0.25) is 0 Å². The van der Waals surface area contributed by atoms with E-state index in [-0.39, 0.29) is 12.3 Å². The Morgan fingerprint density at radius 3 is 2.60 bits per heavy atom. The van der Waals surface area contributed by atoms with E-state index < -0.39 is 6.10 Å². The fourth-order valence-electron chi connectivity index (χ4n) is 1.59. The molecule has 1 aromatic carbocycles. The third-order valence-electron chi connectivity index (χ3n) is 2.45. The Morgan fingerprint density at radius 2 is 2.00 bits per heavy atom. The molecule has 0 aliphatic carbocycles. The van der Waals surface area contributed by atoms with E-state index in [0.29, 0.717) is 0 Å². The molecule has 1 saturated heterocycles. The van der Waals surface area contributed by atoms with Crippen molar-refractivity contribution >= 4 is 5.97 Å². The van der Waals surface area contributed by atoms with Gasteiger partial charge in [-0.05, 0) is 18.9 Å². The third kappa shape index (κ3) is 2.57. The Kier molecular flexibility index (Phi) is 3.02. The third-order valence-corrected chi connectivity index (χ3v) is 2.45. The molecule has 0 bridgehead atoms. The van der Waals surface area contributed by atoms with Gasteiger partial charge in [-0.25, -0.2) is 4.79 Å². The fourth-order valence-corrected chi connectivity index (χ4v) is 1.59. The van der Waals surface area contributed by atoms with Crippen LogP contribution in [-0.4, -0.2) is 18.4 Å². The molecule has 15 heavy (non-hydrogen) atoms. The molecule has 0 N–H and O–H groups in total. The first-order valence-corrected chi connectivity index (χ1v) is 5.15. The number of esters is 1. The predicted octanol–water partition coefficient (Wildman–Crippen LogP) is 1.91. The van der Waals surface area contributed by atoms with Crippen molar-refractivity contribution in [2.75, 3.05) is 0 Å². The van der Waals surface area contributed by atoms with Gasteiger partial charge in [0.1, 0.15) is 0 Å². The van der Waals surface area contributed by atoms with Gasteiger partial charge in [-0.1, -0.05) is 30.3 Å². The van der Waals surface area contributed by atoms with Crippen molar-refractivity contribution in [2.24, 2.45) is 0 Å². The van der Waals surface area contributed by atoms with Crippen molar-refractivity contribution < 1.29 is 14.3 Å². The highest BCUT2D eigenvalue weighted by Gasteiger charge is 2.30. The zero-order valence-electron chi connectivity index (χ0n) is 8.68. The lowest BCUT2D eigenvalue weighted by atomic mass is 10.1. The summed E-state index contributed by atoms with van der Waals surface area (Å²) in [4.78, 5) is 11.0. The molecule has 1 heterocycles. The van der Waals surface area contributed by atoms with Crippen LogP contribution in [0.3, 0.4) is 0 Å². The Balaban J connectivity index is 1.82. The van der Waals surface area contributed by atoms with Crippen molar-refractivity contribution in [1.82, 2.24) is 0 Å². The van der Waals surface area contributed by atoms with Crippen LogP contribution in [0.2, 0.25) is 0 Å². The SMILES string of the molecule is C[C@@H]1O[C@H](CCc2ccccc2)OC1=O. The number of carbonyl (C=O) groups excluding carboxylic acids is 1. The Hall–Kier alpha value is -1.35. The van der Waals surface area contributed by atoms with E-state index in [1.807, 2.05) is 18.2 Å². The van der Waals surface area contributed by atoms with Crippen LogP contribution in [0.25, 0.3) is 0 Å². The van der Waals surface area contributed by atoms with Crippen LogP contribution in [-0.2, 0) is 20.7 Å². The van der Waals surface area contributed by atoms with Gasteiger partial charge in [0.05, 0.1) is 0 Å². The molecule has 1 aromatic rings. The van der Waals surface area contributed by atoms with Crippen molar-refractivity contribution in [2.45, 2.75) is 32.2 Å². The quantitative estimate of drug-likeness (QED) is 0.709. The van der Waals surface area contributed by atoms with Crippen LogP contribution in [0, 0.1) is 0 Å². The first kappa shape index (κ1) is 10.2. The number of hydrogen-bond acceptors (Lipinski definition) is 3. The molecule has 0 radical (unpaired) electrons. The largest absolute Gasteiger partial charge is 0.434 e. The zero-order valence-corrected chi connectivity index (χ0v) is 8.68. The van der Waals surface area contributed by atoms with Gasteiger partial charge in [0, 0.05) is 6.42 Å². The maximum absolute atomic E-state index is 11.0. The smallest absolute Gasteiger partial charge is 0.337 e. The van der Waals surface area contributed by atoms with Crippen molar-refractivity contribution in [3.05, 3.63) is 35.9 Å². The predicted molar refractivity (Wildman–Crippen MR) is 55.2 cm³/mol. The molecule has 1 aliphatic heterocycles. The minimum absolute atomic E-state index is 0.256. The summed E-state index contributed by atoms with van der Waals surface area (Å²) in [5.74, 6) is -0.256. The normalized spacial score (nSPS) is 25.3. The maximum Gasteiger partial charge on any atom is 0.337 e. The molecule has 0 saturated carbocycles. The zero-order chi connectivity index (χ0) is 10.7. The van der Waals surface area contributed by atoms with Crippen molar-refractivity contribution in [1.29, 1.82) is 0 Å². The molecular weight excluding hydrogens is 192 g/mol. The minimum atomic E-state index is -0.411. The maximum atomic E-state index is 11.0. The lowest BCUT2D eigenvalue weighted by Crippen LogP contribution is -2.10. The average molecular weight is 206 g/mol. The Labute approximate surface area is 89.0 Å². The second kappa shape index (κ2) is 4.45. The number of cyclic esters (lactones) is 1. The average Bonchev–Trinajstić information content (AvgIpc) is 2.57. The lowest BCUT2D eigenvalue weighted by molar-refractivity contribution is -0.143. The Morgan fingerprint density at radius 1 is 1.27 bits per heavy atom. The van der Waals surface area contributed by atoms with Gasteiger partial charge in [0.25, 0.3) is 0 Å². The van der Waals surface area contributed by atoms with Gasteiger partial charge in [-0.15, -0.1) is 0 Å². The summed E-state index contributed by atoms with van der Waals surface area (Å²) in [5.41, 5.74) is 1.23. The van der Waals surface area contributed by atoms with Gasteiger partial charge in [0.2, 0.25) is 6.29 Å². The van der Waals surface area contributed by atoms with E-state index in [0.717, 1.165) is 12.8 Å². The van der Waals surface area contributed by atoms with E-state index in [1.165, 1.54) is 5.56 Å². The summed E-state index contributed by atoms with van der Waals surface area (Å²) in [7, 11) is 0. The summed E-state index contributed by atoms with van der Waals surface area (Å²) in [6.07, 6.45) is 0.810. The molecular formula is C12H14O3. The number of carbonyl (C=O) groups is 1. The van der Waals surface area contributed by atoms with Gasteiger partial charge in [0.15, 0.2) is 6.10 Å². The second-order valence-electron chi connectivity index (χ2n) is 3.67. The number of benzene rings is 1. The molecule has 80 valence electrons. The summed E-state index contributed by atoms with van der Waals surface area (Å²) >= 11 is 0. The first-order valence-electron chi connectivity index (χ1n) is 5.15. The summed E-state index contributed by atoms with van der Waals surface area (Å²) < 4.78 is 10.4.